The summed E-state index contributed by atoms with van der Waals surface area (Å²) in [6, 6.07) is 9.71. The van der Waals surface area contributed by atoms with Crippen molar-refractivity contribution < 1.29 is 4.79 Å². The van der Waals surface area contributed by atoms with Crippen LogP contribution in [-0.2, 0) is 24.3 Å². The van der Waals surface area contributed by atoms with Crippen LogP contribution in [0.2, 0.25) is 5.02 Å². The summed E-state index contributed by atoms with van der Waals surface area (Å²) >= 11 is 7.66. The number of hydrogen-bond donors (Lipinski definition) is 1. The van der Waals surface area contributed by atoms with E-state index in [9.17, 15) is 4.79 Å². The topological polar surface area (TPSA) is 32.3 Å². The van der Waals surface area contributed by atoms with Gasteiger partial charge in [-0.2, -0.15) is 0 Å². The minimum atomic E-state index is 0.0728. The maximum atomic E-state index is 12.0. The van der Waals surface area contributed by atoms with Crippen LogP contribution in [0.4, 0.5) is 0 Å². The van der Waals surface area contributed by atoms with E-state index in [1.807, 2.05) is 35.6 Å². The van der Waals surface area contributed by atoms with Gasteiger partial charge in [0.15, 0.2) is 0 Å². The molecular weight excluding hydrogens is 304 g/mol. The van der Waals surface area contributed by atoms with Crippen LogP contribution in [0.1, 0.15) is 16.0 Å². The summed E-state index contributed by atoms with van der Waals surface area (Å²) in [7, 11) is 0. The van der Waals surface area contributed by atoms with Gasteiger partial charge < -0.3 is 5.32 Å². The molecule has 0 bridgehead atoms. The summed E-state index contributed by atoms with van der Waals surface area (Å²) in [4.78, 5) is 15.7. The van der Waals surface area contributed by atoms with Crippen molar-refractivity contribution in [3.05, 3.63) is 56.7 Å². The average molecular weight is 321 g/mol. The van der Waals surface area contributed by atoms with Crippen LogP contribution in [0.5, 0.6) is 0 Å². The lowest BCUT2D eigenvalue weighted by molar-refractivity contribution is -0.122. The summed E-state index contributed by atoms with van der Waals surface area (Å²) in [6.07, 6.45) is 1.05. The number of carbonyl (C=O) groups is 1. The Balaban J connectivity index is 1.47. The Hall–Kier alpha value is -1.36. The maximum absolute atomic E-state index is 12.0. The Bertz CT molecular complexity index is 623. The monoisotopic (exact) mass is 320 g/mol. The van der Waals surface area contributed by atoms with Gasteiger partial charge >= 0.3 is 0 Å². The molecule has 3 rings (SSSR count). The molecule has 0 atom stereocenters. The normalized spacial score (nSPS) is 14.7. The van der Waals surface area contributed by atoms with Gasteiger partial charge in [-0.15, -0.1) is 11.3 Å². The first-order valence-electron chi connectivity index (χ1n) is 6.99. The molecule has 0 saturated carbocycles. The Labute approximate surface area is 133 Å². The van der Waals surface area contributed by atoms with E-state index in [1.165, 1.54) is 10.4 Å². The lowest BCUT2D eigenvalue weighted by Gasteiger charge is -2.26. The molecule has 1 aliphatic heterocycles. The molecule has 1 N–H and O–H groups in total. The van der Waals surface area contributed by atoms with E-state index in [0.717, 1.165) is 25.1 Å². The predicted molar refractivity (Wildman–Crippen MR) is 86.6 cm³/mol. The Morgan fingerprint density at radius 2 is 2.10 bits per heavy atom. The number of halogens is 1. The molecular formula is C16H17ClN2OS. The van der Waals surface area contributed by atoms with Crippen LogP contribution in [0.3, 0.4) is 0 Å². The predicted octanol–water partition coefficient (Wildman–Crippen LogP) is 3.08. The molecule has 3 nitrogen and oxygen atoms in total. The standard InChI is InChI=1S/C16H17ClN2OS/c17-14-3-1-12(2-4-14)9-18-16(20)11-19-7-5-15-13(10-19)6-8-21-15/h1-4,6,8H,5,7,9-11H2,(H,18,20). The summed E-state index contributed by atoms with van der Waals surface area (Å²) < 4.78 is 0. The van der Waals surface area contributed by atoms with Crippen molar-refractivity contribution in [2.75, 3.05) is 13.1 Å². The average Bonchev–Trinajstić information content (AvgIpc) is 2.94. The molecule has 110 valence electrons. The van der Waals surface area contributed by atoms with E-state index in [1.54, 1.807) is 0 Å². The van der Waals surface area contributed by atoms with E-state index < -0.39 is 0 Å². The number of nitrogens with zero attached hydrogens (tertiary/aromatic N) is 1. The lowest BCUT2D eigenvalue weighted by atomic mass is 10.1. The van der Waals surface area contributed by atoms with Crippen molar-refractivity contribution in [2.45, 2.75) is 19.5 Å². The SMILES string of the molecule is O=C(CN1CCc2sccc2C1)NCc1ccc(Cl)cc1. The van der Waals surface area contributed by atoms with Crippen molar-refractivity contribution in [3.8, 4) is 0 Å². The second-order valence-corrected chi connectivity index (χ2v) is 6.67. The largest absolute Gasteiger partial charge is 0.351 e. The molecule has 2 heterocycles. The minimum Gasteiger partial charge on any atom is -0.351 e. The number of fused-ring (bicyclic) bond motifs is 1. The zero-order valence-corrected chi connectivity index (χ0v) is 13.2. The molecule has 2 aromatic rings. The molecule has 0 unspecified atom stereocenters. The molecule has 1 aromatic heterocycles. The van der Waals surface area contributed by atoms with Gasteiger partial charge in [0.1, 0.15) is 0 Å². The number of thiophene rings is 1. The third-order valence-electron chi connectivity index (χ3n) is 3.66. The molecule has 1 amide bonds. The van der Waals surface area contributed by atoms with Crippen LogP contribution >= 0.6 is 22.9 Å². The highest BCUT2D eigenvalue weighted by Crippen LogP contribution is 2.23. The molecule has 0 spiro atoms. The highest BCUT2D eigenvalue weighted by molar-refractivity contribution is 7.10. The highest BCUT2D eigenvalue weighted by atomic mass is 35.5. The third kappa shape index (κ3) is 3.84. The molecule has 0 saturated heterocycles. The number of carbonyl (C=O) groups excluding carboxylic acids is 1. The zero-order valence-electron chi connectivity index (χ0n) is 11.6. The number of nitrogens with one attached hydrogen (secondary N) is 1. The molecule has 21 heavy (non-hydrogen) atoms. The fourth-order valence-electron chi connectivity index (χ4n) is 2.50. The van der Waals surface area contributed by atoms with Crippen molar-refractivity contribution in [1.82, 2.24) is 10.2 Å². The molecule has 0 fully saturated rings. The lowest BCUT2D eigenvalue weighted by Crippen LogP contribution is -2.39. The fourth-order valence-corrected chi connectivity index (χ4v) is 3.52. The second-order valence-electron chi connectivity index (χ2n) is 5.23. The molecule has 5 heteroatoms. The van der Waals surface area contributed by atoms with Crippen LogP contribution in [0, 0.1) is 0 Å². The van der Waals surface area contributed by atoms with Gasteiger partial charge in [0.2, 0.25) is 5.91 Å². The number of hydrogen-bond acceptors (Lipinski definition) is 3. The molecule has 1 aliphatic rings. The minimum absolute atomic E-state index is 0.0728. The Kier molecular flexibility index (Phi) is 4.58. The van der Waals surface area contributed by atoms with Gasteiger partial charge in [0, 0.05) is 29.5 Å². The van der Waals surface area contributed by atoms with E-state index >= 15 is 0 Å². The smallest absolute Gasteiger partial charge is 0.234 e. The van der Waals surface area contributed by atoms with Gasteiger partial charge in [-0.05, 0) is 41.1 Å². The first-order valence-corrected chi connectivity index (χ1v) is 8.25. The highest BCUT2D eigenvalue weighted by Gasteiger charge is 2.18. The van der Waals surface area contributed by atoms with Crippen molar-refractivity contribution >= 4 is 28.8 Å². The van der Waals surface area contributed by atoms with Crippen molar-refractivity contribution in [3.63, 3.8) is 0 Å². The van der Waals surface area contributed by atoms with Crippen molar-refractivity contribution in [2.24, 2.45) is 0 Å². The van der Waals surface area contributed by atoms with E-state index in [0.29, 0.717) is 18.1 Å². The number of amides is 1. The van der Waals surface area contributed by atoms with Gasteiger partial charge in [-0.3, -0.25) is 9.69 Å². The molecule has 1 aromatic carbocycles. The summed E-state index contributed by atoms with van der Waals surface area (Å²) in [5.74, 6) is 0.0728. The maximum Gasteiger partial charge on any atom is 0.234 e. The van der Waals surface area contributed by atoms with Crippen LogP contribution < -0.4 is 5.32 Å². The fraction of sp³-hybridized carbons (Fsp3) is 0.312. The van der Waals surface area contributed by atoms with Gasteiger partial charge in [0.05, 0.1) is 6.54 Å². The van der Waals surface area contributed by atoms with E-state index in [4.69, 9.17) is 11.6 Å². The first-order chi connectivity index (χ1) is 10.2. The summed E-state index contributed by atoms with van der Waals surface area (Å²) in [6.45, 7) is 2.85. The van der Waals surface area contributed by atoms with Crippen LogP contribution in [0.25, 0.3) is 0 Å². The van der Waals surface area contributed by atoms with Gasteiger partial charge in [-0.1, -0.05) is 23.7 Å². The Morgan fingerprint density at radius 3 is 2.90 bits per heavy atom. The van der Waals surface area contributed by atoms with E-state index in [2.05, 4.69) is 21.7 Å². The van der Waals surface area contributed by atoms with Crippen molar-refractivity contribution in [1.29, 1.82) is 0 Å². The number of benzene rings is 1. The molecule has 0 radical (unpaired) electrons. The van der Waals surface area contributed by atoms with Gasteiger partial charge in [0.25, 0.3) is 0 Å². The summed E-state index contributed by atoms with van der Waals surface area (Å²) in [5.41, 5.74) is 2.43. The second kappa shape index (κ2) is 6.60. The van der Waals surface area contributed by atoms with Crippen LogP contribution in [-0.4, -0.2) is 23.9 Å². The van der Waals surface area contributed by atoms with E-state index in [-0.39, 0.29) is 5.91 Å². The van der Waals surface area contributed by atoms with Crippen LogP contribution in [0.15, 0.2) is 35.7 Å². The first kappa shape index (κ1) is 14.6. The zero-order chi connectivity index (χ0) is 14.7. The Morgan fingerprint density at radius 1 is 1.29 bits per heavy atom. The third-order valence-corrected chi connectivity index (χ3v) is 4.93. The summed E-state index contributed by atoms with van der Waals surface area (Å²) in [5, 5.41) is 5.81. The number of rotatable bonds is 4. The van der Waals surface area contributed by atoms with Gasteiger partial charge in [-0.25, -0.2) is 0 Å². The molecule has 0 aliphatic carbocycles. The quantitative estimate of drug-likeness (QED) is 0.939.